The van der Waals surface area contributed by atoms with Gasteiger partial charge in [0, 0.05) is 40.5 Å². The lowest BCUT2D eigenvalue weighted by molar-refractivity contribution is 0.0490. The smallest absolute Gasteiger partial charge is 0.177 e. The van der Waals surface area contributed by atoms with Gasteiger partial charge in [-0.3, -0.25) is 0 Å². The summed E-state index contributed by atoms with van der Waals surface area (Å²) in [6, 6.07) is 26.7. The number of benzene rings is 3. The van der Waals surface area contributed by atoms with Crippen molar-refractivity contribution < 1.29 is 19.3 Å². The van der Waals surface area contributed by atoms with E-state index in [1.165, 1.54) is 11.1 Å². The van der Waals surface area contributed by atoms with E-state index in [1.807, 2.05) is 43.3 Å². The van der Waals surface area contributed by atoms with Gasteiger partial charge in [-0.25, -0.2) is 0 Å². The normalized spacial score (nSPS) is 29.3. The predicted molar refractivity (Wildman–Crippen MR) is 154 cm³/mol. The van der Waals surface area contributed by atoms with Crippen molar-refractivity contribution in [2.45, 2.75) is 24.5 Å². The maximum atomic E-state index is 12.1. The standard InChI is InChI=1S/C36H30O4/c1-35(37)30-11-7-6-10-26(30)32-28-20-22-17-19-39-31(22)21-29(28)34-27(33(32)35)16-18-36(40-34,23-8-4-3-5-9-23)24-12-14-25(38-2)15-13-24/h3-16,18,20-21,28-29,37H,17,19H2,1-2H3. The maximum absolute atomic E-state index is 12.1. The average molecular weight is 527 g/mol. The Hall–Kier alpha value is -4.28. The molecule has 2 heterocycles. The molecule has 3 aromatic rings. The minimum Gasteiger partial charge on any atom is -0.497 e. The molecule has 8 rings (SSSR count). The zero-order valence-corrected chi connectivity index (χ0v) is 22.6. The number of ether oxygens (including phenoxy) is 3. The van der Waals surface area contributed by atoms with Crippen LogP contribution < -0.4 is 4.74 Å². The van der Waals surface area contributed by atoms with Crippen LogP contribution in [-0.4, -0.2) is 18.8 Å². The molecule has 4 heteroatoms. The molecule has 3 aromatic carbocycles. The van der Waals surface area contributed by atoms with Crippen LogP contribution in [0.15, 0.2) is 131 Å². The summed E-state index contributed by atoms with van der Waals surface area (Å²) in [6.07, 6.45) is 9.85. The van der Waals surface area contributed by atoms with Crippen molar-refractivity contribution in [1.29, 1.82) is 0 Å². The lowest BCUT2D eigenvalue weighted by atomic mass is 9.68. The van der Waals surface area contributed by atoms with E-state index in [-0.39, 0.29) is 11.8 Å². The highest BCUT2D eigenvalue weighted by atomic mass is 16.5. The van der Waals surface area contributed by atoms with Crippen LogP contribution in [0, 0.1) is 11.8 Å². The molecule has 4 atom stereocenters. The zero-order chi connectivity index (χ0) is 27.1. The van der Waals surface area contributed by atoms with Crippen molar-refractivity contribution in [3.63, 3.8) is 0 Å². The highest BCUT2D eigenvalue weighted by molar-refractivity contribution is 5.88. The van der Waals surface area contributed by atoms with Crippen molar-refractivity contribution in [3.8, 4) is 5.75 Å². The van der Waals surface area contributed by atoms with Gasteiger partial charge >= 0.3 is 0 Å². The van der Waals surface area contributed by atoms with Crippen LogP contribution >= 0.6 is 0 Å². The first-order valence-electron chi connectivity index (χ1n) is 14.0. The largest absolute Gasteiger partial charge is 0.497 e. The summed E-state index contributed by atoms with van der Waals surface area (Å²) in [7, 11) is 1.68. The summed E-state index contributed by atoms with van der Waals surface area (Å²) < 4.78 is 18.9. The van der Waals surface area contributed by atoms with E-state index in [2.05, 4.69) is 66.8 Å². The SMILES string of the molecule is COc1ccc(C2(c3ccccc3)C=CC3=C(O2)C2C=C4OCCC4=CC2C2=C3C(C)(O)c3ccccc32)cc1. The molecule has 40 heavy (non-hydrogen) atoms. The molecule has 4 unspecified atom stereocenters. The molecule has 4 nitrogen and oxygen atoms in total. The van der Waals surface area contributed by atoms with Crippen molar-refractivity contribution in [2.24, 2.45) is 11.8 Å². The van der Waals surface area contributed by atoms with Crippen LogP contribution in [0.25, 0.3) is 5.57 Å². The van der Waals surface area contributed by atoms with Gasteiger partial charge in [0.25, 0.3) is 0 Å². The van der Waals surface area contributed by atoms with E-state index in [1.54, 1.807) is 7.11 Å². The second-order valence-electron chi connectivity index (χ2n) is 11.3. The fourth-order valence-electron chi connectivity index (χ4n) is 7.32. The molecule has 198 valence electrons. The molecule has 2 aliphatic heterocycles. The third-order valence-electron chi connectivity index (χ3n) is 9.19. The minimum atomic E-state index is -1.13. The summed E-state index contributed by atoms with van der Waals surface area (Å²) in [5.74, 6) is 2.62. The first-order chi connectivity index (χ1) is 19.5. The molecular formula is C36H30O4. The number of hydrogen-bond acceptors (Lipinski definition) is 4. The second kappa shape index (κ2) is 8.36. The molecule has 0 aromatic heterocycles. The zero-order valence-electron chi connectivity index (χ0n) is 22.6. The third-order valence-corrected chi connectivity index (χ3v) is 9.19. The molecule has 0 spiro atoms. The Morgan fingerprint density at radius 2 is 1.62 bits per heavy atom. The molecule has 5 aliphatic rings. The van der Waals surface area contributed by atoms with E-state index in [0.717, 1.165) is 57.1 Å². The van der Waals surface area contributed by atoms with Gasteiger partial charge in [0.1, 0.15) is 22.9 Å². The third kappa shape index (κ3) is 3.11. The Bertz CT molecular complexity index is 1700. The topological polar surface area (TPSA) is 47.9 Å². The number of methoxy groups -OCH3 is 1. The fourth-order valence-corrected chi connectivity index (χ4v) is 7.32. The van der Waals surface area contributed by atoms with Crippen LogP contribution in [0.5, 0.6) is 5.75 Å². The number of hydrogen-bond donors (Lipinski definition) is 1. The van der Waals surface area contributed by atoms with Crippen LogP contribution in [0.2, 0.25) is 0 Å². The molecule has 3 aliphatic carbocycles. The number of fused-ring (bicyclic) bond motifs is 7. The Labute approximate surface area is 234 Å². The minimum absolute atomic E-state index is 0.0418. The van der Waals surface area contributed by atoms with Crippen molar-refractivity contribution in [3.05, 3.63) is 154 Å². The van der Waals surface area contributed by atoms with Crippen LogP contribution in [-0.2, 0) is 20.7 Å². The fraction of sp³-hybridized carbons (Fsp3) is 0.222. The Kier molecular flexibility index (Phi) is 4.93. The van der Waals surface area contributed by atoms with Crippen molar-refractivity contribution in [2.75, 3.05) is 13.7 Å². The van der Waals surface area contributed by atoms with Gasteiger partial charge < -0.3 is 19.3 Å². The molecular weight excluding hydrogens is 496 g/mol. The van der Waals surface area contributed by atoms with Gasteiger partial charge in [-0.05, 0) is 53.5 Å². The summed E-state index contributed by atoms with van der Waals surface area (Å²) in [5, 5.41) is 12.1. The summed E-state index contributed by atoms with van der Waals surface area (Å²) in [6.45, 7) is 2.62. The average Bonchev–Trinajstić information content (AvgIpc) is 3.56. The highest BCUT2D eigenvalue weighted by Gasteiger charge is 2.52. The first-order valence-corrected chi connectivity index (χ1v) is 14.0. The molecule has 1 saturated heterocycles. The highest BCUT2D eigenvalue weighted by Crippen LogP contribution is 2.61. The quantitative estimate of drug-likeness (QED) is 0.402. The molecule has 0 amide bonds. The van der Waals surface area contributed by atoms with Gasteiger partial charge in [0.05, 0.1) is 13.7 Å². The number of allylic oxidation sites excluding steroid dienone is 5. The van der Waals surface area contributed by atoms with Gasteiger partial charge in [-0.1, -0.05) is 78.9 Å². The lowest BCUT2D eigenvalue weighted by Crippen LogP contribution is -2.38. The van der Waals surface area contributed by atoms with Gasteiger partial charge in [0.2, 0.25) is 0 Å². The van der Waals surface area contributed by atoms with Gasteiger partial charge in [-0.2, -0.15) is 0 Å². The van der Waals surface area contributed by atoms with E-state index >= 15 is 0 Å². The number of aliphatic hydroxyl groups is 1. The van der Waals surface area contributed by atoms with E-state index in [4.69, 9.17) is 14.2 Å². The first kappa shape index (κ1) is 23.6. The molecule has 0 saturated carbocycles. The second-order valence-corrected chi connectivity index (χ2v) is 11.3. The summed E-state index contributed by atoms with van der Waals surface area (Å²) >= 11 is 0. The van der Waals surface area contributed by atoms with Crippen LogP contribution in [0.1, 0.15) is 35.6 Å². The monoisotopic (exact) mass is 526 g/mol. The van der Waals surface area contributed by atoms with Crippen LogP contribution in [0.3, 0.4) is 0 Å². The van der Waals surface area contributed by atoms with E-state index in [9.17, 15) is 5.11 Å². The molecule has 0 bridgehead atoms. The van der Waals surface area contributed by atoms with E-state index < -0.39 is 11.2 Å². The maximum Gasteiger partial charge on any atom is 0.177 e. The van der Waals surface area contributed by atoms with Crippen molar-refractivity contribution in [1.82, 2.24) is 0 Å². The summed E-state index contributed by atoms with van der Waals surface area (Å²) in [4.78, 5) is 0. The molecule has 0 radical (unpaired) electrons. The Balaban J connectivity index is 1.37. The molecule has 1 N–H and O–H groups in total. The Morgan fingerprint density at radius 1 is 0.875 bits per heavy atom. The van der Waals surface area contributed by atoms with Gasteiger partial charge in [0.15, 0.2) is 5.60 Å². The van der Waals surface area contributed by atoms with Gasteiger partial charge in [-0.15, -0.1) is 0 Å². The molecule has 1 fully saturated rings. The van der Waals surface area contributed by atoms with Crippen LogP contribution in [0.4, 0.5) is 0 Å². The Morgan fingerprint density at radius 3 is 2.42 bits per heavy atom. The predicted octanol–water partition coefficient (Wildman–Crippen LogP) is 6.94. The number of rotatable bonds is 3. The van der Waals surface area contributed by atoms with Crippen molar-refractivity contribution >= 4 is 5.57 Å². The lowest BCUT2D eigenvalue weighted by Gasteiger charge is -2.44. The van der Waals surface area contributed by atoms with E-state index in [0.29, 0.717) is 6.61 Å². The summed E-state index contributed by atoms with van der Waals surface area (Å²) in [5.41, 5.74) is 6.51.